The fourth-order valence-electron chi connectivity index (χ4n) is 1.89. The van der Waals surface area contributed by atoms with Crippen molar-refractivity contribution >= 4 is 5.69 Å². The van der Waals surface area contributed by atoms with Gasteiger partial charge in [0.2, 0.25) is 0 Å². The number of benzene rings is 2. The van der Waals surface area contributed by atoms with E-state index in [1.54, 1.807) is 0 Å². The Morgan fingerprint density at radius 2 is 1.47 bits per heavy atom. The van der Waals surface area contributed by atoms with E-state index in [0.29, 0.717) is 6.42 Å². The molecular formula is C15H14N2. The first-order valence-electron chi connectivity index (χ1n) is 5.58. The molecule has 0 saturated carbocycles. The average molecular weight is 222 g/mol. The summed E-state index contributed by atoms with van der Waals surface area (Å²) in [6.45, 7) is 0. The fraction of sp³-hybridized carbons (Fsp3) is 0.133. The molecule has 0 aromatic heterocycles. The number of nitrogens with zero attached hydrogens (tertiary/aromatic N) is 1. The first kappa shape index (κ1) is 11.2. The number of nitrogen functional groups attached to an aromatic ring is 1. The molecule has 17 heavy (non-hydrogen) atoms. The Bertz CT molecular complexity index is 553. The van der Waals surface area contributed by atoms with E-state index in [2.05, 4.69) is 12.1 Å². The molecule has 0 spiro atoms. The van der Waals surface area contributed by atoms with Crippen LogP contribution < -0.4 is 5.73 Å². The van der Waals surface area contributed by atoms with Crippen LogP contribution >= 0.6 is 0 Å². The molecule has 0 atom stereocenters. The molecule has 2 aromatic rings. The smallest absolute Gasteiger partial charge is 0.0669 e. The molecule has 0 saturated heterocycles. The quantitative estimate of drug-likeness (QED) is 0.812. The summed E-state index contributed by atoms with van der Waals surface area (Å²) in [6.07, 6.45) is 1.23. The highest BCUT2D eigenvalue weighted by atomic mass is 14.6. The van der Waals surface area contributed by atoms with Gasteiger partial charge in [0.25, 0.3) is 0 Å². The zero-order valence-electron chi connectivity index (χ0n) is 9.56. The molecule has 0 unspecified atom stereocenters. The Morgan fingerprint density at radius 3 is 2.12 bits per heavy atom. The van der Waals surface area contributed by atoms with Gasteiger partial charge in [0.05, 0.1) is 12.5 Å². The van der Waals surface area contributed by atoms with Crippen LogP contribution in [-0.2, 0) is 12.8 Å². The second-order valence-electron chi connectivity index (χ2n) is 3.98. The second-order valence-corrected chi connectivity index (χ2v) is 3.98. The van der Waals surface area contributed by atoms with Crippen molar-refractivity contribution in [2.24, 2.45) is 0 Å². The lowest BCUT2D eigenvalue weighted by Gasteiger charge is -2.08. The lowest BCUT2D eigenvalue weighted by Crippen LogP contribution is -1.98. The molecule has 2 nitrogen and oxygen atoms in total. The molecule has 2 heteroatoms. The number of anilines is 1. The van der Waals surface area contributed by atoms with Gasteiger partial charge in [-0.25, -0.2) is 0 Å². The molecule has 0 aliphatic heterocycles. The highest BCUT2D eigenvalue weighted by Crippen LogP contribution is 2.18. The van der Waals surface area contributed by atoms with Crippen LogP contribution in [0.3, 0.4) is 0 Å². The molecule has 0 amide bonds. The lowest BCUT2D eigenvalue weighted by atomic mass is 9.97. The summed E-state index contributed by atoms with van der Waals surface area (Å²) in [5.41, 5.74) is 10.1. The Labute approximate surface area is 101 Å². The van der Waals surface area contributed by atoms with Crippen LogP contribution in [0.2, 0.25) is 0 Å². The lowest BCUT2D eigenvalue weighted by molar-refractivity contribution is 1.12. The van der Waals surface area contributed by atoms with Gasteiger partial charge >= 0.3 is 0 Å². The summed E-state index contributed by atoms with van der Waals surface area (Å²) in [7, 11) is 0. The van der Waals surface area contributed by atoms with E-state index in [1.165, 1.54) is 5.56 Å². The van der Waals surface area contributed by atoms with Gasteiger partial charge in [0.1, 0.15) is 0 Å². The van der Waals surface area contributed by atoms with Crippen LogP contribution in [-0.4, -0.2) is 0 Å². The molecule has 2 N–H and O–H groups in total. The monoisotopic (exact) mass is 222 g/mol. The summed E-state index contributed by atoms with van der Waals surface area (Å²) < 4.78 is 0. The van der Waals surface area contributed by atoms with Crippen molar-refractivity contribution in [1.29, 1.82) is 5.26 Å². The van der Waals surface area contributed by atoms with Crippen LogP contribution in [0.5, 0.6) is 0 Å². The zero-order chi connectivity index (χ0) is 12.1. The van der Waals surface area contributed by atoms with Crippen molar-refractivity contribution in [2.75, 3.05) is 5.73 Å². The van der Waals surface area contributed by atoms with E-state index in [4.69, 9.17) is 11.0 Å². The van der Waals surface area contributed by atoms with Crippen LogP contribution in [0.25, 0.3) is 0 Å². The van der Waals surface area contributed by atoms with Gasteiger partial charge in [-0.3, -0.25) is 0 Å². The van der Waals surface area contributed by atoms with Crippen molar-refractivity contribution in [2.45, 2.75) is 12.8 Å². The highest BCUT2D eigenvalue weighted by molar-refractivity contribution is 5.49. The minimum Gasteiger partial charge on any atom is -0.398 e. The predicted octanol–water partition coefficient (Wildman–Crippen LogP) is 2.93. The third kappa shape index (κ3) is 2.64. The standard InChI is InChI=1S/C15H14N2/c16-10-9-12-5-1-2-6-13(12)11-14-7-3-4-8-15(14)17/h1-8H,9,11,17H2. The number of hydrogen-bond acceptors (Lipinski definition) is 2. The van der Waals surface area contributed by atoms with Crippen LogP contribution in [0, 0.1) is 11.3 Å². The average Bonchev–Trinajstić information content (AvgIpc) is 2.35. The van der Waals surface area contributed by atoms with E-state index < -0.39 is 0 Å². The van der Waals surface area contributed by atoms with Crippen LogP contribution in [0.15, 0.2) is 48.5 Å². The Hall–Kier alpha value is -2.27. The van der Waals surface area contributed by atoms with Gasteiger partial charge in [0, 0.05) is 5.69 Å². The largest absolute Gasteiger partial charge is 0.398 e. The first-order chi connectivity index (χ1) is 8.31. The molecule has 0 radical (unpaired) electrons. The molecule has 2 rings (SSSR count). The van der Waals surface area contributed by atoms with E-state index >= 15 is 0 Å². The first-order valence-corrected chi connectivity index (χ1v) is 5.58. The summed E-state index contributed by atoms with van der Waals surface area (Å²) >= 11 is 0. The minimum atomic E-state index is 0.447. The maximum Gasteiger partial charge on any atom is 0.0669 e. The molecular weight excluding hydrogens is 208 g/mol. The normalized spacial score (nSPS) is 9.82. The summed E-state index contributed by atoms with van der Waals surface area (Å²) in [4.78, 5) is 0. The van der Waals surface area contributed by atoms with Gasteiger partial charge in [-0.2, -0.15) is 5.26 Å². The minimum absolute atomic E-state index is 0.447. The SMILES string of the molecule is N#CCc1ccccc1Cc1ccccc1N. The maximum absolute atomic E-state index is 8.79. The van der Waals surface area contributed by atoms with Gasteiger partial charge < -0.3 is 5.73 Å². The summed E-state index contributed by atoms with van der Waals surface area (Å²) in [5, 5.41) is 8.79. The Kier molecular flexibility index (Phi) is 3.42. The number of hydrogen-bond donors (Lipinski definition) is 1. The Balaban J connectivity index is 2.31. The van der Waals surface area contributed by atoms with Crippen molar-refractivity contribution in [3.8, 4) is 6.07 Å². The Morgan fingerprint density at radius 1 is 0.882 bits per heavy atom. The fourth-order valence-corrected chi connectivity index (χ4v) is 1.89. The van der Waals surface area contributed by atoms with Crippen molar-refractivity contribution in [3.05, 3.63) is 65.2 Å². The molecule has 2 aromatic carbocycles. The van der Waals surface area contributed by atoms with Gasteiger partial charge in [0.15, 0.2) is 0 Å². The molecule has 0 aliphatic carbocycles. The maximum atomic E-state index is 8.79. The van der Waals surface area contributed by atoms with Crippen molar-refractivity contribution < 1.29 is 0 Å². The topological polar surface area (TPSA) is 49.8 Å². The number of para-hydroxylation sites is 1. The summed E-state index contributed by atoms with van der Waals surface area (Å²) in [6, 6.07) is 18.1. The molecule has 0 bridgehead atoms. The third-order valence-electron chi connectivity index (χ3n) is 2.82. The molecule has 84 valence electrons. The van der Waals surface area contributed by atoms with E-state index in [0.717, 1.165) is 23.2 Å². The zero-order valence-corrected chi connectivity index (χ0v) is 9.56. The summed E-state index contributed by atoms with van der Waals surface area (Å²) in [5.74, 6) is 0. The van der Waals surface area contributed by atoms with Crippen LogP contribution in [0.1, 0.15) is 16.7 Å². The molecule has 0 aliphatic rings. The predicted molar refractivity (Wildman–Crippen MR) is 69.4 cm³/mol. The van der Waals surface area contributed by atoms with Crippen molar-refractivity contribution in [1.82, 2.24) is 0 Å². The molecule has 0 fully saturated rings. The van der Waals surface area contributed by atoms with Gasteiger partial charge in [-0.1, -0.05) is 42.5 Å². The van der Waals surface area contributed by atoms with Crippen molar-refractivity contribution in [3.63, 3.8) is 0 Å². The van der Waals surface area contributed by atoms with E-state index in [9.17, 15) is 0 Å². The number of nitriles is 1. The third-order valence-corrected chi connectivity index (χ3v) is 2.82. The number of rotatable bonds is 3. The number of nitrogens with two attached hydrogens (primary N) is 1. The van der Waals surface area contributed by atoms with E-state index in [-0.39, 0.29) is 0 Å². The van der Waals surface area contributed by atoms with Gasteiger partial charge in [-0.05, 0) is 29.2 Å². The highest BCUT2D eigenvalue weighted by Gasteiger charge is 2.04. The van der Waals surface area contributed by atoms with Gasteiger partial charge in [-0.15, -0.1) is 0 Å². The molecule has 0 heterocycles. The van der Waals surface area contributed by atoms with Crippen LogP contribution in [0.4, 0.5) is 5.69 Å². The van der Waals surface area contributed by atoms with E-state index in [1.807, 2.05) is 42.5 Å². The second kappa shape index (κ2) is 5.18.